The van der Waals surface area contributed by atoms with Gasteiger partial charge in [-0.05, 0) is 67.7 Å². The SMILES string of the molecule is CC(C)(C)C(=O)N1CCOC2(CCN(Cc3cccc(CCOC4CCN(CCN(CCc5ccc(O)c6c5OCC(=O)N6)C5CCCCC5)[C@@H]4C(=O)O)c3)CC2)C1. The van der Waals surface area contributed by atoms with E-state index in [4.69, 9.17) is 14.2 Å². The van der Waals surface area contributed by atoms with Crippen LogP contribution >= 0.6 is 0 Å². The van der Waals surface area contributed by atoms with Crippen LogP contribution in [0.3, 0.4) is 0 Å². The second-order valence-corrected chi connectivity index (χ2v) is 18.2. The van der Waals surface area contributed by atoms with Crippen LogP contribution in [0.4, 0.5) is 5.69 Å². The number of carbonyl (C=O) groups is 3. The van der Waals surface area contributed by atoms with Gasteiger partial charge in [-0.25, -0.2) is 0 Å². The summed E-state index contributed by atoms with van der Waals surface area (Å²) in [5.74, 6) is -0.381. The number of hydrogen-bond acceptors (Lipinski definition) is 10. The van der Waals surface area contributed by atoms with Crippen molar-refractivity contribution in [3.8, 4) is 11.5 Å². The van der Waals surface area contributed by atoms with Crippen LogP contribution in [0.1, 0.15) is 88.8 Å². The van der Waals surface area contributed by atoms with Crippen LogP contribution < -0.4 is 10.1 Å². The number of hydrogen-bond donors (Lipinski definition) is 3. The van der Waals surface area contributed by atoms with E-state index in [1.165, 1.54) is 30.4 Å². The van der Waals surface area contributed by atoms with Crippen molar-refractivity contribution in [2.75, 3.05) is 77.5 Å². The van der Waals surface area contributed by atoms with Crippen molar-refractivity contribution in [1.29, 1.82) is 0 Å². The lowest BCUT2D eigenvalue weighted by molar-refractivity contribution is -0.165. The molecule has 1 saturated carbocycles. The molecule has 4 heterocycles. The molecular weight excluding hydrogens is 739 g/mol. The third-order valence-corrected chi connectivity index (χ3v) is 13.0. The molecule has 1 spiro atoms. The largest absolute Gasteiger partial charge is 0.506 e. The topological polar surface area (TPSA) is 144 Å². The van der Waals surface area contributed by atoms with E-state index in [2.05, 4.69) is 44.3 Å². The van der Waals surface area contributed by atoms with Gasteiger partial charge in [0.15, 0.2) is 12.4 Å². The summed E-state index contributed by atoms with van der Waals surface area (Å²) in [6.07, 6.45) is 9.45. The molecule has 0 bridgehead atoms. The van der Waals surface area contributed by atoms with Gasteiger partial charge in [0.05, 0.1) is 24.9 Å². The molecule has 2 aromatic rings. The average Bonchev–Trinajstić information content (AvgIpc) is 3.62. The summed E-state index contributed by atoms with van der Waals surface area (Å²) in [4.78, 5) is 46.7. The van der Waals surface area contributed by atoms with E-state index in [0.717, 1.165) is 70.4 Å². The highest BCUT2D eigenvalue weighted by molar-refractivity contribution is 5.97. The Bertz CT molecular complexity index is 1750. The number of piperidine rings is 1. The van der Waals surface area contributed by atoms with E-state index in [1.807, 2.05) is 31.7 Å². The predicted molar refractivity (Wildman–Crippen MR) is 221 cm³/mol. The number of amides is 2. The monoisotopic (exact) mass is 803 g/mol. The number of phenolic OH excluding ortho intramolecular Hbond substituents is 1. The molecule has 3 saturated heterocycles. The number of phenols is 1. The Hall–Kier alpha value is -3.75. The Kier molecular flexibility index (Phi) is 13.6. The molecule has 13 nitrogen and oxygen atoms in total. The van der Waals surface area contributed by atoms with Crippen molar-refractivity contribution in [3.05, 3.63) is 53.1 Å². The number of aliphatic carboxylic acids is 1. The Morgan fingerprint density at radius 2 is 1.76 bits per heavy atom. The van der Waals surface area contributed by atoms with E-state index in [-0.39, 0.29) is 41.3 Å². The molecule has 2 aromatic carbocycles. The quantitative estimate of drug-likeness (QED) is 0.224. The van der Waals surface area contributed by atoms with Crippen LogP contribution in [-0.2, 0) is 43.2 Å². The minimum Gasteiger partial charge on any atom is -0.506 e. The van der Waals surface area contributed by atoms with Gasteiger partial charge in [-0.15, -0.1) is 0 Å². The van der Waals surface area contributed by atoms with Crippen molar-refractivity contribution < 1.29 is 38.8 Å². The third-order valence-electron chi connectivity index (χ3n) is 13.0. The molecule has 2 amide bonds. The van der Waals surface area contributed by atoms with Gasteiger partial charge in [0.1, 0.15) is 17.5 Å². The number of carbonyl (C=O) groups excluding carboxylic acids is 2. The summed E-state index contributed by atoms with van der Waals surface area (Å²) in [6.45, 7) is 13.9. The first-order valence-corrected chi connectivity index (χ1v) is 21.7. The molecule has 58 heavy (non-hydrogen) atoms. The number of nitrogens with one attached hydrogen (secondary N) is 1. The smallest absolute Gasteiger partial charge is 0.323 e. The minimum absolute atomic E-state index is 0.00321. The number of fused-ring (bicyclic) bond motifs is 1. The second-order valence-electron chi connectivity index (χ2n) is 18.2. The van der Waals surface area contributed by atoms with E-state index < -0.39 is 12.0 Å². The van der Waals surface area contributed by atoms with Crippen molar-refractivity contribution in [2.24, 2.45) is 5.41 Å². The van der Waals surface area contributed by atoms with Gasteiger partial charge in [-0.3, -0.25) is 29.1 Å². The number of carboxylic acid groups (broad SMARTS) is 1. The van der Waals surface area contributed by atoms with Gasteiger partial charge in [0.2, 0.25) is 5.91 Å². The lowest BCUT2D eigenvalue weighted by Gasteiger charge is -2.48. The van der Waals surface area contributed by atoms with E-state index >= 15 is 0 Å². The fourth-order valence-corrected chi connectivity index (χ4v) is 9.80. The summed E-state index contributed by atoms with van der Waals surface area (Å²) >= 11 is 0. The Morgan fingerprint density at radius 1 is 0.983 bits per heavy atom. The van der Waals surface area contributed by atoms with Gasteiger partial charge >= 0.3 is 5.97 Å². The standard InChI is InChI=1S/C45H65N5O8/c1-44(2,3)43(55)50-25-27-58-45(31-50)17-21-47(22-18-45)29-33-9-7-8-32(28-33)16-26-56-37-15-20-49(40(37)42(53)54)24-23-48(35-10-5-4-6-11-35)19-14-34-12-13-36(51)39-41(34)57-30-38(52)46-39/h7-9,12-13,28,35,37,40,51H,4-6,10-11,14-27,29-31H2,1-3H3,(H,46,52)(H,53,54)/t37?,40-/m0/s1. The van der Waals surface area contributed by atoms with Crippen molar-refractivity contribution in [3.63, 3.8) is 0 Å². The summed E-state index contributed by atoms with van der Waals surface area (Å²) in [5.41, 5.74) is 3.08. The maximum absolute atomic E-state index is 13.0. The van der Waals surface area contributed by atoms with E-state index in [1.54, 1.807) is 6.07 Å². The number of likely N-dealkylation sites (tertiary alicyclic amines) is 2. The van der Waals surface area contributed by atoms with Gasteiger partial charge in [0, 0.05) is 70.4 Å². The first kappa shape index (κ1) is 42.4. The molecule has 4 aliphatic heterocycles. The third kappa shape index (κ3) is 10.3. The number of nitrogens with zero attached hydrogens (tertiary/aromatic N) is 4. The lowest BCUT2D eigenvalue weighted by Crippen LogP contribution is -2.59. The minimum atomic E-state index is -0.834. The highest BCUT2D eigenvalue weighted by atomic mass is 16.5. The van der Waals surface area contributed by atoms with Crippen LogP contribution in [0.25, 0.3) is 0 Å². The Morgan fingerprint density at radius 3 is 2.52 bits per heavy atom. The molecule has 0 radical (unpaired) electrons. The second kappa shape index (κ2) is 18.7. The lowest BCUT2D eigenvalue weighted by atomic mass is 9.87. The van der Waals surface area contributed by atoms with Crippen LogP contribution in [0.5, 0.6) is 11.5 Å². The normalized spacial score (nSPS) is 23.2. The number of aromatic hydroxyl groups is 1. The highest BCUT2D eigenvalue weighted by Gasteiger charge is 2.43. The summed E-state index contributed by atoms with van der Waals surface area (Å²) in [6, 6.07) is 11.9. The fraction of sp³-hybridized carbons (Fsp3) is 0.667. The molecular formula is C45H65N5O8. The number of anilines is 1. The molecule has 5 aliphatic rings. The maximum Gasteiger partial charge on any atom is 0.323 e. The van der Waals surface area contributed by atoms with Crippen LogP contribution in [0, 0.1) is 5.41 Å². The first-order valence-electron chi connectivity index (χ1n) is 21.7. The molecule has 0 aromatic heterocycles. The summed E-state index contributed by atoms with van der Waals surface area (Å²) in [5, 5.41) is 23.5. The van der Waals surface area contributed by atoms with Crippen molar-refractivity contribution in [1.82, 2.24) is 19.6 Å². The van der Waals surface area contributed by atoms with Gasteiger partial charge in [-0.2, -0.15) is 0 Å². The molecule has 2 atom stereocenters. The molecule has 7 rings (SSSR count). The zero-order valence-electron chi connectivity index (χ0n) is 34.9. The number of ether oxygens (including phenoxy) is 3. The Labute approximate surface area is 344 Å². The van der Waals surface area contributed by atoms with Crippen LogP contribution in [0.2, 0.25) is 0 Å². The highest BCUT2D eigenvalue weighted by Crippen LogP contribution is 2.40. The van der Waals surface area contributed by atoms with Crippen molar-refractivity contribution in [2.45, 2.75) is 115 Å². The molecule has 1 aliphatic carbocycles. The van der Waals surface area contributed by atoms with Crippen molar-refractivity contribution >= 4 is 23.5 Å². The number of rotatable bonds is 14. The zero-order valence-corrected chi connectivity index (χ0v) is 34.9. The van der Waals surface area contributed by atoms with Gasteiger partial charge < -0.3 is 34.6 Å². The first-order chi connectivity index (χ1) is 27.9. The average molecular weight is 804 g/mol. The van der Waals surface area contributed by atoms with Gasteiger partial charge in [0.25, 0.3) is 5.91 Å². The molecule has 3 N–H and O–H groups in total. The number of benzene rings is 2. The predicted octanol–water partition coefficient (Wildman–Crippen LogP) is 4.93. The number of carboxylic acids is 1. The zero-order chi connectivity index (χ0) is 40.9. The summed E-state index contributed by atoms with van der Waals surface area (Å²) < 4.78 is 18.4. The fourth-order valence-electron chi connectivity index (χ4n) is 9.80. The summed E-state index contributed by atoms with van der Waals surface area (Å²) in [7, 11) is 0. The molecule has 13 heteroatoms. The van der Waals surface area contributed by atoms with Gasteiger partial charge in [-0.1, -0.05) is 70.4 Å². The maximum atomic E-state index is 13.0. The number of morpholine rings is 1. The molecule has 1 unspecified atom stereocenters. The molecule has 4 fully saturated rings. The van der Waals surface area contributed by atoms with Crippen LogP contribution in [-0.4, -0.2) is 144 Å². The molecule has 318 valence electrons. The Balaban J connectivity index is 0.886. The van der Waals surface area contributed by atoms with E-state index in [9.17, 15) is 24.6 Å². The van der Waals surface area contributed by atoms with E-state index in [0.29, 0.717) is 69.7 Å². The van der Waals surface area contributed by atoms with Crippen LogP contribution in [0.15, 0.2) is 36.4 Å².